The van der Waals surface area contributed by atoms with E-state index in [0.29, 0.717) is 31.2 Å². The van der Waals surface area contributed by atoms with E-state index in [4.69, 9.17) is 52.1 Å². The van der Waals surface area contributed by atoms with Crippen molar-refractivity contribution in [3.8, 4) is 0 Å². The molecule has 0 saturated heterocycles. The first-order valence-corrected chi connectivity index (χ1v) is 8.02. The number of hydrazone groups is 1. The predicted octanol–water partition coefficient (Wildman–Crippen LogP) is 4.99. The van der Waals surface area contributed by atoms with Crippen molar-refractivity contribution in [3.63, 3.8) is 0 Å². The quantitative estimate of drug-likeness (QED) is 0.400. The van der Waals surface area contributed by atoms with Crippen LogP contribution in [0.15, 0.2) is 51.7 Å². The van der Waals surface area contributed by atoms with Crippen LogP contribution in [0.25, 0.3) is 0 Å². The summed E-state index contributed by atoms with van der Waals surface area (Å²) in [6.45, 7) is 0. The van der Waals surface area contributed by atoms with Crippen LogP contribution in [0.4, 0.5) is 0 Å². The molecule has 25 heavy (non-hydrogen) atoms. The molecule has 0 bridgehead atoms. The predicted molar refractivity (Wildman–Crippen MR) is 110 cm³/mol. The van der Waals surface area contributed by atoms with Gasteiger partial charge in [0.05, 0.1) is 22.5 Å². The molecule has 0 fully saturated rings. The lowest BCUT2D eigenvalue weighted by atomic mass is 10.2. The normalized spacial score (nSPS) is 11.8. The summed E-state index contributed by atoms with van der Waals surface area (Å²) in [5, 5.41) is 13.5. The van der Waals surface area contributed by atoms with Crippen LogP contribution in [0.3, 0.4) is 0 Å². The maximum atomic E-state index is 6.01. The first-order chi connectivity index (χ1) is 11.5. The molecule has 10 heteroatoms. The highest BCUT2D eigenvalue weighted by molar-refractivity contribution is 6.36. The number of nitrogens with two attached hydrogens (primary N) is 1. The van der Waals surface area contributed by atoms with Gasteiger partial charge in [-0.3, -0.25) is 0 Å². The fraction of sp³-hybridized carbons (Fsp3) is 0. The highest BCUT2D eigenvalue weighted by Crippen LogP contribution is 2.20. The molecule has 5 nitrogen and oxygen atoms in total. The van der Waals surface area contributed by atoms with Gasteiger partial charge in [0.15, 0.2) is 0 Å². The molecule has 0 aliphatic heterocycles. The SMILES string of the molecule is Cl.N/C(=N/N=Cc1ccc(Cl)cc1Cl)NN=Cc1ccc(Cl)cc1Cl. The highest BCUT2D eigenvalue weighted by Gasteiger charge is 1.99. The molecule has 0 aliphatic carbocycles. The number of hydrogen-bond donors (Lipinski definition) is 2. The van der Waals surface area contributed by atoms with Crippen molar-refractivity contribution in [1.82, 2.24) is 5.43 Å². The second kappa shape index (κ2) is 10.5. The average Bonchev–Trinajstić information content (AvgIpc) is 2.51. The van der Waals surface area contributed by atoms with Crippen molar-refractivity contribution in [3.05, 3.63) is 67.6 Å². The topological polar surface area (TPSA) is 75.1 Å². The van der Waals surface area contributed by atoms with Crippen LogP contribution in [0, 0.1) is 0 Å². The molecule has 0 atom stereocenters. The molecule has 2 aromatic carbocycles. The maximum Gasteiger partial charge on any atom is 0.234 e. The number of guanidine groups is 1. The Hall–Kier alpha value is -1.50. The van der Waals surface area contributed by atoms with Gasteiger partial charge in [0.2, 0.25) is 5.96 Å². The molecule has 2 rings (SSSR count). The Labute approximate surface area is 170 Å². The summed E-state index contributed by atoms with van der Waals surface area (Å²) in [6, 6.07) is 10.1. The zero-order valence-corrected chi connectivity index (χ0v) is 16.3. The summed E-state index contributed by atoms with van der Waals surface area (Å²) in [5.74, 6) is -0.00216. The van der Waals surface area contributed by atoms with Crippen LogP contribution >= 0.6 is 58.8 Å². The minimum atomic E-state index is -0.00216. The van der Waals surface area contributed by atoms with Gasteiger partial charge < -0.3 is 5.73 Å². The Morgan fingerprint density at radius 1 is 0.880 bits per heavy atom. The average molecular weight is 440 g/mol. The van der Waals surface area contributed by atoms with Crippen LogP contribution in [-0.4, -0.2) is 18.4 Å². The molecular weight excluding hydrogens is 427 g/mol. The second-order valence-electron chi connectivity index (χ2n) is 4.43. The first kappa shape index (κ1) is 21.5. The molecule has 3 N–H and O–H groups in total. The minimum absolute atomic E-state index is 0. The zero-order valence-electron chi connectivity index (χ0n) is 12.5. The van der Waals surface area contributed by atoms with Gasteiger partial charge >= 0.3 is 0 Å². The van der Waals surface area contributed by atoms with E-state index < -0.39 is 0 Å². The summed E-state index contributed by atoms with van der Waals surface area (Å²) < 4.78 is 0. The minimum Gasteiger partial charge on any atom is -0.367 e. The van der Waals surface area contributed by atoms with Crippen molar-refractivity contribution < 1.29 is 0 Å². The lowest BCUT2D eigenvalue weighted by Gasteiger charge is -1.99. The van der Waals surface area contributed by atoms with Crippen LogP contribution in [0.5, 0.6) is 0 Å². The molecule has 0 saturated carbocycles. The highest BCUT2D eigenvalue weighted by atomic mass is 35.5. The van der Waals surface area contributed by atoms with Gasteiger partial charge in [0.1, 0.15) is 0 Å². The summed E-state index contributed by atoms with van der Waals surface area (Å²) >= 11 is 23.6. The van der Waals surface area contributed by atoms with E-state index in [1.807, 2.05) is 0 Å². The summed E-state index contributed by atoms with van der Waals surface area (Å²) in [7, 11) is 0. The van der Waals surface area contributed by atoms with Gasteiger partial charge in [-0.2, -0.15) is 10.2 Å². The second-order valence-corrected chi connectivity index (χ2v) is 6.12. The third-order valence-electron chi connectivity index (χ3n) is 2.67. The number of halogens is 5. The van der Waals surface area contributed by atoms with Crippen LogP contribution in [-0.2, 0) is 0 Å². The van der Waals surface area contributed by atoms with Crippen molar-refractivity contribution in [1.29, 1.82) is 0 Å². The van der Waals surface area contributed by atoms with E-state index in [0.717, 1.165) is 0 Å². The first-order valence-electron chi connectivity index (χ1n) is 6.51. The largest absolute Gasteiger partial charge is 0.367 e. The third-order valence-corrected chi connectivity index (χ3v) is 3.79. The number of benzene rings is 2. The van der Waals surface area contributed by atoms with Gasteiger partial charge in [-0.05, 0) is 24.3 Å². The smallest absolute Gasteiger partial charge is 0.234 e. The Bertz CT molecular complexity index is 820. The van der Waals surface area contributed by atoms with Gasteiger partial charge in [0.25, 0.3) is 0 Å². The van der Waals surface area contributed by atoms with Crippen LogP contribution < -0.4 is 11.2 Å². The Morgan fingerprint density at radius 3 is 1.92 bits per heavy atom. The fourth-order valence-corrected chi connectivity index (χ4v) is 2.47. The molecule has 2 aromatic rings. The summed E-state index contributed by atoms with van der Waals surface area (Å²) in [4.78, 5) is 0. The number of rotatable bonds is 4. The van der Waals surface area contributed by atoms with E-state index in [-0.39, 0.29) is 18.4 Å². The molecular formula is C15H12Cl5N5. The molecule has 0 spiro atoms. The Kier molecular flexibility index (Phi) is 9.03. The number of nitrogens with zero attached hydrogens (tertiary/aromatic N) is 3. The summed E-state index contributed by atoms with van der Waals surface area (Å²) in [6.07, 6.45) is 2.94. The van der Waals surface area contributed by atoms with E-state index in [1.165, 1.54) is 12.4 Å². The molecule has 0 aromatic heterocycles. The molecule has 0 unspecified atom stereocenters. The molecule has 0 amide bonds. The van der Waals surface area contributed by atoms with Gasteiger partial charge in [-0.1, -0.05) is 58.5 Å². The number of hydrogen-bond acceptors (Lipinski definition) is 3. The summed E-state index contributed by atoms with van der Waals surface area (Å²) in [5.41, 5.74) is 9.49. The Morgan fingerprint density at radius 2 is 1.40 bits per heavy atom. The van der Waals surface area contributed by atoms with E-state index in [9.17, 15) is 0 Å². The molecule has 0 radical (unpaired) electrons. The van der Waals surface area contributed by atoms with Crippen molar-refractivity contribution in [2.24, 2.45) is 21.0 Å². The van der Waals surface area contributed by atoms with Crippen molar-refractivity contribution in [2.75, 3.05) is 0 Å². The molecule has 0 heterocycles. The van der Waals surface area contributed by atoms with Crippen LogP contribution in [0.2, 0.25) is 20.1 Å². The monoisotopic (exact) mass is 437 g/mol. The van der Waals surface area contributed by atoms with E-state index >= 15 is 0 Å². The van der Waals surface area contributed by atoms with E-state index in [2.05, 4.69) is 20.7 Å². The Balaban J connectivity index is 0.00000312. The van der Waals surface area contributed by atoms with E-state index in [1.54, 1.807) is 36.4 Å². The van der Waals surface area contributed by atoms with Crippen molar-refractivity contribution in [2.45, 2.75) is 0 Å². The molecule has 0 aliphatic rings. The zero-order chi connectivity index (χ0) is 17.5. The molecule has 132 valence electrons. The standard InChI is InChI=1S/C15H11Cl4N5.ClH/c16-11-3-1-9(13(18)5-11)7-21-23-15(20)24-22-8-10-2-4-12(17)6-14(10)19;/h1-8H,(H3,20,23,24);1H. The third kappa shape index (κ3) is 7.10. The van der Waals surface area contributed by atoms with Crippen LogP contribution in [0.1, 0.15) is 11.1 Å². The van der Waals surface area contributed by atoms with Gasteiger partial charge in [0, 0.05) is 21.2 Å². The fourth-order valence-electron chi connectivity index (χ4n) is 1.56. The maximum absolute atomic E-state index is 6.01. The van der Waals surface area contributed by atoms with Crippen molar-refractivity contribution >= 4 is 77.2 Å². The lowest BCUT2D eigenvalue weighted by molar-refractivity contribution is 0.994. The lowest BCUT2D eigenvalue weighted by Crippen LogP contribution is -2.26. The van der Waals surface area contributed by atoms with Gasteiger partial charge in [-0.25, -0.2) is 5.43 Å². The van der Waals surface area contributed by atoms with Gasteiger partial charge in [-0.15, -0.1) is 17.5 Å². The number of nitrogens with one attached hydrogen (secondary N) is 1.